The zero-order valence-corrected chi connectivity index (χ0v) is 11.9. The standard InChI is InChI=1S/C16H17FO4/c1-19-13-7-6-11(9-18)15(8-13)21-10-12-4-3-5-14(20-2)16(12)17/h3-8,18H,9-10H2,1-2H3. The van der Waals surface area contributed by atoms with Crippen LogP contribution in [0.2, 0.25) is 0 Å². The highest BCUT2D eigenvalue weighted by Gasteiger charge is 2.11. The van der Waals surface area contributed by atoms with Crippen LogP contribution in [0, 0.1) is 5.82 Å². The Kier molecular flexibility index (Phi) is 5.00. The van der Waals surface area contributed by atoms with Crippen molar-refractivity contribution in [1.82, 2.24) is 0 Å². The van der Waals surface area contributed by atoms with Gasteiger partial charge in [0.1, 0.15) is 18.1 Å². The van der Waals surface area contributed by atoms with Crippen LogP contribution >= 0.6 is 0 Å². The number of hydrogen-bond acceptors (Lipinski definition) is 4. The molecular formula is C16H17FO4. The van der Waals surface area contributed by atoms with Gasteiger partial charge in [0, 0.05) is 17.2 Å². The maximum absolute atomic E-state index is 14.0. The maximum atomic E-state index is 14.0. The normalized spacial score (nSPS) is 10.3. The van der Waals surface area contributed by atoms with Crippen molar-refractivity contribution in [3.8, 4) is 17.2 Å². The van der Waals surface area contributed by atoms with Crippen LogP contribution in [0.4, 0.5) is 4.39 Å². The molecule has 112 valence electrons. The summed E-state index contributed by atoms with van der Waals surface area (Å²) < 4.78 is 29.7. The summed E-state index contributed by atoms with van der Waals surface area (Å²) in [4.78, 5) is 0. The molecule has 1 N–H and O–H groups in total. The van der Waals surface area contributed by atoms with Gasteiger partial charge in [-0.2, -0.15) is 0 Å². The predicted molar refractivity (Wildman–Crippen MR) is 76.2 cm³/mol. The quantitative estimate of drug-likeness (QED) is 0.889. The van der Waals surface area contributed by atoms with E-state index in [1.807, 2.05) is 0 Å². The van der Waals surface area contributed by atoms with Crippen molar-refractivity contribution in [3.63, 3.8) is 0 Å². The molecule has 0 bridgehead atoms. The highest BCUT2D eigenvalue weighted by atomic mass is 19.1. The van der Waals surface area contributed by atoms with Gasteiger partial charge in [-0.3, -0.25) is 0 Å². The van der Waals surface area contributed by atoms with E-state index in [1.54, 1.807) is 43.5 Å². The molecule has 0 unspecified atom stereocenters. The Morgan fingerprint density at radius 2 is 1.81 bits per heavy atom. The summed E-state index contributed by atoms with van der Waals surface area (Å²) in [5, 5.41) is 9.30. The molecule has 0 radical (unpaired) electrons. The van der Waals surface area contributed by atoms with E-state index in [9.17, 15) is 9.50 Å². The molecule has 0 heterocycles. The molecule has 0 aliphatic heterocycles. The summed E-state index contributed by atoms with van der Waals surface area (Å²) in [7, 11) is 2.95. The molecule has 0 amide bonds. The second-order valence-electron chi connectivity index (χ2n) is 4.35. The van der Waals surface area contributed by atoms with E-state index in [4.69, 9.17) is 14.2 Å². The van der Waals surface area contributed by atoms with Crippen LogP contribution in [0.15, 0.2) is 36.4 Å². The number of benzene rings is 2. The zero-order valence-electron chi connectivity index (χ0n) is 11.9. The fourth-order valence-electron chi connectivity index (χ4n) is 1.91. The van der Waals surface area contributed by atoms with E-state index in [2.05, 4.69) is 0 Å². The van der Waals surface area contributed by atoms with Crippen LogP contribution in [-0.2, 0) is 13.2 Å². The molecule has 2 aromatic carbocycles. The second kappa shape index (κ2) is 6.95. The monoisotopic (exact) mass is 292 g/mol. The van der Waals surface area contributed by atoms with Gasteiger partial charge in [0.2, 0.25) is 0 Å². The van der Waals surface area contributed by atoms with Crippen LogP contribution in [0.5, 0.6) is 17.2 Å². The van der Waals surface area contributed by atoms with Gasteiger partial charge < -0.3 is 19.3 Å². The number of aliphatic hydroxyl groups excluding tert-OH is 1. The molecule has 2 aromatic rings. The fraction of sp³-hybridized carbons (Fsp3) is 0.250. The highest BCUT2D eigenvalue weighted by Crippen LogP contribution is 2.27. The molecule has 4 nitrogen and oxygen atoms in total. The summed E-state index contributed by atoms with van der Waals surface area (Å²) >= 11 is 0. The third kappa shape index (κ3) is 3.44. The molecule has 2 rings (SSSR count). The molecule has 0 saturated carbocycles. The number of rotatable bonds is 6. The Balaban J connectivity index is 2.20. The van der Waals surface area contributed by atoms with Gasteiger partial charge in [0.05, 0.1) is 20.8 Å². The van der Waals surface area contributed by atoms with Crippen molar-refractivity contribution >= 4 is 0 Å². The molecule has 0 fully saturated rings. The second-order valence-corrected chi connectivity index (χ2v) is 4.35. The first-order valence-corrected chi connectivity index (χ1v) is 6.41. The first-order chi connectivity index (χ1) is 10.2. The molecule has 5 heteroatoms. The van der Waals surface area contributed by atoms with E-state index < -0.39 is 5.82 Å². The summed E-state index contributed by atoms with van der Waals surface area (Å²) in [5.41, 5.74) is 0.986. The molecule has 0 saturated heterocycles. The van der Waals surface area contributed by atoms with Crippen molar-refractivity contribution in [2.24, 2.45) is 0 Å². The van der Waals surface area contributed by atoms with Gasteiger partial charge in [0.15, 0.2) is 11.6 Å². The molecular weight excluding hydrogens is 275 g/mol. The van der Waals surface area contributed by atoms with Gasteiger partial charge >= 0.3 is 0 Å². The first-order valence-electron chi connectivity index (χ1n) is 6.41. The number of hydrogen-bond donors (Lipinski definition) is 1. The lowest BCUT2D eigenvalue weighted by Gasteiger charge is -2.13. The minimum atomic E-state index is -0.451. The molecule has 0 aliphatic carbocycles. The molecule has 0 atom stereocenters. The topological polar surface area (TPSA) is 47.9 Å². The van der Waals surface area contributed by atoms with E-state index in [1.165, 1.54) is 7.11 Å². The Hall–Kier alpha value is -2.27. The van der Waals surface area contributed by atoms with Crippen LogP contribution in [0.1, 0.15) is 11.1 Å². The largest absolute Gasteiger partial charge is 0.497 e. The van der Waals surface area contributed by atoms with Crippen LogP contribution < -0.4 is 14.2 Å². The van der Waals surface area contributed by atoms with Crippen molar-refractivity contribution < 1.29 is 23.7 Å². The summed E-state index contributed by atoms with van der Waals surface area (Å²) in [6.07, 6.45) is 0. The Morgan fingerprint density at radius 1 is 1.00 bits per heavy atom. The van der Waals surface area contributed by atoms with Gasteiger partial charge in [-0.25, -0.2) is 4.39 Å². The third-order valence-electron chi connectivity index (χ3n) is 3.09. The SMILES string of the molecule is COc1ccc(CO)c(OCc2cccc(OC)c2F)c1. The smallest absolute Gasteiger partial charge is 0.171 e. The molecule has 0 aliphatic rings. The summed E-state index contributed by atoms with van der Waals surface area (Å²) in [5.74, 6) is 0.782. The average Bonchev–Trinajstić information content (AvgIpc) is 2.53. The lowest BCUT2D eigenvalue weighted by atomic mass is 10.2. The van der Waals surface area contributed by atoms with Gasteiger partial charge in [-0.05, 0) is 18.2 Å². The Bertz CT molecular complexity index is 613. The van der Waals surface area contributed by atoms with Crippen LogP contribution in [0.25, 0.3) is 0 Å². The average molecular weight is 292 g/mol. The number of ether oxygens (including phenoxy) is 3. The third-order valence-corrected chi connectivity index (χ3v) is 3.09. The van der Waals surface area contributed by atoms with Crippen molar-refractivity contribution in [2.45, 2.75) is 13.2 Å². The predicted octanol–water partition coefficient (Wildman–Crippen LogP) is 2.91. The van der Waals surface area contributed by atoms with Crippen LogP contribution in [-0.4, -0.2) is 19.3 Å². The highest BCUT2D eigenvalue weighted by molar-refractivity contribution is 5.40. The van der Waals surface area contributed by atoms with Gasteiger partial charge in [-0.15, -0.1) is 0 Å². The zero-order chi connectivity index (χ0) is 15.2. The summed E-state index contributed by atoms with van der Waals surface area (Å²) in [6.45, 7) is -0.136. The van der Waals surface area contributed by atoms with Gasteiger partial charge in [-0.1, -0.05) is 12.1 Å². The summed E-state index contributed by atoms with van der Waals surface area (Å²) in [6, 6.07) is 9.95. The van der Waals surface area contributed by atoms with E-state index in [-0.39, 0.29) is 19.0 Å². The minimum absolute atomic E-state index is 0.0310. The van der Waals surface area contributed by atoms with E-state index >= 15 is 0 Å². The number of methoxy groups -OCH3 is 2. The van der Waals surface area contributed by atoms with Crippen molar-refractivity contribution in [3.05, 3.63) is 53.3 Å². The Labute approximate surface area is 122 Å². The minimum Gasteiger partial charge on any atom is -0.497 e. The molecule has 0 spiro atoms. The van der Waals surface area contributed by atoms with E-state index in [0.717, 1.165) is 0 Å². The van der Waals surface area contributed by atoms with Gasteiger partial charge in [0.25, 0.3) is 0 Å². The van der Waals surface area contributed by atoms with Crippen molar-refractivity contribution in [1.29, 1.82) is 0 Å². The maximum Gasteiger partial charge on any atom is 0.171 e. The molecule has 0 aromatic heterocycles. The molecule has 21 heavy (non-hydrogen) atoms. The lowest BCUT2D eigenvalue weighted by molar-refractivity contribution is 0.255. The fourth-order valence-corrected chi connectivity index (χ4v) is 1.91. The van der Waals surface area contributed by atoms with Crippen LogP contribution in [0.3, 0.4) is 0 Å². The number of aliphatic hydroxyl groups is 1. The van der Waals surface area contributed by atoms with E-state index in [0.29, 0.717) is 22.6 Å². The first kappa shape index (κ1) is 15.1. The van der Waals surface area contributed by atoms with Crippen molar-refractivity contribution in [2.75, 3.05) is 14.2 Å². The lowest BCUT2D eigenvalue weighted by Crippen LogP contribution is -2.02. The Morgan fingerprint density at radius 3 is 2.48 bits per heavy atom. The number of halogens is 1.